The zero-order valence-corrected chi connectivity index (χ0v) is 7.28. The van der Waals surface area contributed by atoms with Crippen molar-refractivity contribution in [3.8, 4) is 0 Å². The quantitative estimate of drug-likeness (QED) is 0.389. The van der Waals surface area contributed by atoms with Crippen LogP contribution in [0.25, 0.3) is 10.9 Å². The first kappa shape index (κ1) is 7.86. The van der Waals surface area contributed by atoms with Crippen LogP contribution in [0.4, 0.5) is 0 Å². The summed E-state index contributed by atoms with van der Waals surface area (Å²) in [6.45, 7) is 1.75. The second-order valence-corrected chi connectivity index (χ2v) is 2.96. The van der Waals surface area contributed by atoms with Crippen molar-refractivity contribution in [3.63, 3.8) is 0 Å². The van der Waals surface area contributed by atoms with Gasteiger partial charge in [-0.3, -0.25) is 0 Å². The lowest BCUT2D eigenvalue weighted by molar-refractivity contribution is 0.319. The van der Waals surface area contributed by atoms with Gasteiger partial charge in [0.2, 0.25) is 0 Å². The summed E-state index contributed by atoms with van der Waals surface area (Å²) < 4.78 is 0. The Morgan fingerprint density at radius 1 is 1.38 bits per heavy atom. The second-order valence-electron chi connectivity index (χ2n) is 2.96. The number of nitrogens with zero attached hydrogens (tertiary/aromatic N) is 1. The van der Waals surface area contributed by atoms with Crippen LogP contribution in [0.15, 0.2) is 35.5 Å². The Bertz CT molecular complexity index is 424. The number of benzene rings is 1. The largest absolute Gasteiger partial charge is 0.411 e. The van der Waals surface area contributed by atoms with Crippen LogP contribution in [-0.4, -0.2) is 15.9 Å². The number of hydrogen-bond acceptors (Lipinski definition) is 2. The molecule has 0 bridgehead atoms. The van der Waals surface area contributed by atoms with Crippen LogP contribution in [0.3, 0.4) is 0 Å². The highest BCUT2D eigenvalue weighted by atomic mass is 16.4. The van der Waals surface area contributed by atoms with Crippen LogP contribution in [0.1, 0.15) is 12.6 Å². The lowest BCUT2D eigenvalue weighted by Gasteiger charge is -1.89. The van der Waals surface area contributed by atoms with E-state index in [0.717, 1.165) is 16.6 Å². The van der Waals surface area contributed by atoms with E-state index in [1.807, 2.05) is 30.3 Å². The maximum Gasteiger partial charge on any atom is 0.0999 e. The molecule has 0 radical (unpaired) electrons. The molecule has 3 nitrogen and oxygen atoms in total. The summed E-state index contributed by atoms with van der Waals surface area (Å²) in [5.41, 5.74) is 2.50. The van der Waals surface area contributed by atoms with Gasteiger partial charge in [0.1, 0.15) is 0 Å². The maximum atomic E-state index is 8.58. The van der Waals surface area contributed by atoms with Gasteiger partial charge >= 0.3 is 0 Å². The van der Waals surface area contributed by atoms with Gasteiger partial charge < -0.3 is 10.2 Å². The number of H-pyrrole nitrogens is 1. The normalized spacial score (nSPS) is 12.2. The maximum absolute atomic E-state index is 8.58. The van der Waals surface area contributed by atoms with Crippen LogP contribution >= 0.6 is 0 Å². The van der Waals surface area contributed by atoms with E-state index in [9.17, 15) is 0 Å². The highest BCUT2D eigenvalue weighted by Gasteiger charge is 2.01. The zero-order valence-electron chi connectivity index (χ0n) is 7.28. The van der Waals surface area contributed by atoms with Crippen LogP contribution < -0.4 is 0 Å². The Kier molecular flexibility index (Phi) is 1.77. The fourth-order valence-corrected chi connectivity index (χ4v) is 1.32. The van der Waals surface area contributed by atoms with E-state index in [0.29, 0.717) is 5.71 Å². The molecule has 2 N–H and O–H groups in total. The first-order valence-corrected chi connectivity index (χ1v) is 4.08. The minimum absolute atomic E-state index is 0.594. The van der Waals surface area contributed by atoms with Crippen molar-refractivity contribution < 1.29 is 5.21 Å². The number of hydrogen-bond donors (Lipinski definition) is 2. The zero-order chi connectivity index (χ0) is 9.26. The molecule has 0 fully saturated rings. The van der Waals surface area contributed by atoms with Gasteiger partial charge in [-0.25, -0.2) is 0 Å². The van der Waals surface area contributed by atoms with Crippen molar-refractivity contribution >= 4 is 16.6 Å². The molecule has 0 atom stereocenters. The van der Waals surface area contributed by atoms with Crippen molar-refractivity contribution in [3.05, 3.63) is 36.0 Å². The van der Waals surface area contributed by atoms with Gasteiger partial charge in [-0.2, -0.15) is 0 Å². The molecule has 2 aromatic rings. The highest BCUT2D eigenvalue weighted by Crippen LogP contribution is 2.14. The molecule has 66 valence electrons. The molecule has 0 unspecified atom stereocenters. The molecule has 0 saturated heterocycles. The predicted octanol–water partition coefficient (Wildman–Crippen LogP) is 2.37. The van der Waals surface area contributed by atoms with E-state index in [-0.39, 0.29) is 0 Å². The average Bonchev–Trinajstić information content (AvgIpc) is 2.59. The van der Waals surface area contributed by atoms with Crippen molar-refractivity contribution in [2.75, 3.05) is 0 Å². The monoisotopic (exact) mass is 174 g/mol. The molecule has 1 aromatic heterocycles. The number of nitrogens with one attached hydrogen (secondary N) is 1. The van der Waals surface area contributed by atoms with Crippen molar-refractivity contribution in [1.29, 1.82) is 0 Å². The standard InChI is InChI=1S/C10H10N2O/c1-7(12-13)10-6-8-4-2-3-5-9(8)11-10/h2-6,11,13H,1H3/b12-7-. The third kappa shape index (κ3) is 1.28. The van der Waals surface area contributed by atoms with Crippen LogP contribution in [0.5, 0.6) is 0 Å². The minimum Gasteiger partial charge on any atom is -0.411 e. The topological polar surface area (TPSA) is 48.4 Å². The van der Waals surface area contributed by atoms with E-state index in [2.05, 4.69) is 10.1 Å². The van der Waals surface area contributed by atoms with Crippen LogP contribution in [0.2, 0.25) is 0 Å². The van der Waals surface area contributed by atoms with Gasteiger partial charge in [0.15, 0.2) is 0 Å². The molecule has 0 saturated carbocycles. The summed E-state index contributed by atoms with van der Waals surface area (Å²) >= 11 is 0. The molecule has 13 heavy (non-hydrogen) atoms. The van der Waals surface area contributed by atoms with E-state index in [4.69, 9.17) is 5.21 Å². The molecule has 3 heteroatoms. The fourth-order valence-electron chi connectivity index (χ4n) is 1.32. The molecule has 0 aliphatic rings. The van der Waals surface area contributed by atoms with Crippen LogP contribution in [0, 0.1) is 0 Å². The van der Waals surface area contributed by atoms with Gasteiger partial charge in [-0.15, -0.1) is 0 Å². The lowest BCUT2D eigenvalue weighted by Crippen LogP contribution is -1.93. The van der Waals surface area contributed by atoms with Crippen molar-refractivity contribution in [2.45, 2.75) is 6.92 Å². The van der Waals surface area contributed by atoms with Gasteiger partial charge in [-0.1, -0.05) is 23.4 Å². The average molecular weight is 174 g/mol. The van der Waals surface area contributed by atoms with E-state index >= 15 is 0 Å². The lowest BCUT2D eigenvalue weighted by atomic mass is 10.2. The summed E-state index contributed by atoms with van der Waals surface area (Å²) in [5.74, 6) is 0. The second kappa shape index (κ2) is 2.94. The summed E-state index contributed by atoms with van der Waals surface area (Å²) in [6.07, 6.45) is 0. The van der Waals surface area contributed by atoms with Gasteiger partial charge in [-0.05, 0) is 19.1 Å². The molecule has 1 aromatic carbocycles. The summed E-state index contributed by atoms with van der Waals surface area (Å²) in [4.78, 5) is 3.16. The summed E-state index contributed by atoms with van der Waals surface area (Å²) in [5, 5.41) is 12.8. The number of fused-ring (bicyclic) bond motifs is 1. The third-order valence-electron chi connectivity index (χ3n) is 2.07. The fraction of sp³-hybridized carbons (Fsp3) is 0.100. The number of aromatic amines is 1. The van der Waals surface area contributed by atoms with Gasteiger partial charge in [0.05, 0.1) is 11.4 Å². The van der Waals surface area contributed by atoms with E-state index in [1.165, 1.54) is 0 Å². The molecule has 0 spiro atoms. The molecule has 0 aliphatic carbocycles. The van der Waals surface area contributed by atoms with Crippen molar-refractivity contribution in [1.82, 2.24) is 4.98 Å². The molecule has 0 aliphatic heterocycles. The van der Waals surface area contributed by atoms with Crippen LogP contribution in [-0.2, 0) is 0 Å². The SMILES string of the molecule is C/C(=N/O)c1cc2ccccc2[nH]1. The Morgan fingerprint density at radius 3 is 2.85 bits per heavy atom. The Hall–Kier alpha value is -1.77. The predicted molar refractivity (Wildman–Crippen MR) is 52.3 cm³/mol. The number of aromatic nitrogens is 1. The van der Waals surface area contributed by atoms with Gasteiger partial charge in [0.25, 0.3) is 0 Å². The van der Waals surface area contributed by atoms with E-state index < -0.39 is 0 Å². The highest BCUT2D eigenvalue weighted by molar-refractivity contribution is 6.00. The number of para-hydroxylation sites is 1. The molecule has 1 heterocycles. The Morgan fingerprint density at radius 2 is 2.15 bits per heavy atom. The number of oxime groups is 1. The molecule has 0 amide bonds. The Balaban J connectivity index is 2.62. The summed E-state index contributed by atoms with van der Waals surface area (Å²) in [7, 11) is 0. The third-order valence-corrected chi connectivity index (χ3v) is 2.07. The smallest absolute Gasteiger partial charge is 0.0999 e. The van der Waals surface area contributed by atoms with Crippen molar-refractivity contribution in [2.24, 2.45) is 5.16 Å². The van der Waals surface area contributed by atoms with E-state index in [1.54, 1.807) is 6.92 Å². The Labute approximate surface area is 75.7 Å². The first-order valence-electron chi connectivity index (χ1n) is 4.08. The minimum atomic E-state index is 0.594. The van der Waals surface area contributed by atoms with Gasteiger partial charge in [0, 0.05) is 10.9 Å². The molecular formula is C10H10N2O. The summed E-state index contributed by atoms with van der Waals surface area (Å²) in [6, 6.07) is 9.91. The molecular weight excluding hydrogens is 164 g/mol. The first-order chi connectivity index (χ1) is 6.31. The molecule has 2 rings (SSSR count). The number of rotatable bonds is 1.